The van der Waals surface area contributed by atoms with Crippen molar-refractivity contribution in [1.82, 2.24) is 0 Å². The van der Waals surface area contributed by atoms with E-state index in [0.29, 0.717) is 23.9 Å². The number of hydrogen-bond donors (Lipinski definition) is 1. The van der Waals surface area contributed by atoms with Crippen molar-refractivity contribution in [2.75, 3.05) is 24.6 Å². The monoisotopic (exact) mass is 309 g/mol. The Morgan fingerprint density at radius 2 is 2.38 bits per heavy atom. The zero-order valence-electron chi connectivity index (χ0n) is 12.1. The van der Waals surface area contributed by atoms with Gasteiger partial charge in [-0.3, -0.25) is 0 Å². The molecule has 1 unspecified atom stereocenters. The lowest BCUT2D eigenvalue weighted by molar-refractivity contribution is -0.0253. The summed E-state index contributed by atoms with van der Waals surface area (Å²) >= 11 is 6.03. The molecule has 1 aromatic rings. The van der Waals surface area contributed by atoms with Gasteiger partial charge in [-0.15, -0.1) is 6.58 Å². The number of aromatic carboxylic acids is 1. The lowest BCUT2D eigenvalue weighted by atomic mass is 9.93. The van der Waals surface area contributed by atoms with Crippen LogP contribution in [0.3, 0.4) is 0 Å². The van der Waals surface area contributed by atoms with Crippen molar-refractivity contribution >= 4 is 23.3 Å². The van der Waals surface area contributed by atoms with Crippen molar-refractivity contribution in [3.63, 3.8) is 0 Å². The molecule has 0 bridgehead atoms. The molecule has 1 N–H and O–H groups in total. The highest BCUT2D eigenvalue weighted by Gasteiger charge is 2.33. The predicted molar refractivity (Wildman–Crippen MR) is 84.4 cm³/mol. The van der Waals surface area contributed by atoms with Crippen molar-refractivity contribution in [3.8, 4) is 0 Å². The standard InChI is InChI=1S/C16H20ClNO3/c1-3-9-21-16(2)7-4-8-18(11-16)14-10-12(17)5-6-13(14)15(19)20/h3,5-6,10H,1,4,7-9,11H2,2H3,(H,19,20). The molecule has 0 radical (unpaired) electrons. The van der Waals surface area contributed by atoms with E-state index in [1.807, 2.05) is 11.8 Å². The fourth-order valence-corrected chi connectivity index (χ4v) is 2.90. The third-order valence-corrected chi connectivity index (χ3v) is 3.97. The van der Waals surface area contributed by atoms with Crippen LogP contribution in [0, 0.1) is 0 Å². The number of carboxylic acids is 1. The topological polar surface area (TPSA) is 49.8 Å². The third kappa shape index (κ3) is 3.77. The summed E-state index contributed by atoms with van der Waals surface area (Å²) in [7, 11) is 0. The van der Waals surface area contributed by atoms with E-state index in [1.165, 1.54) is 0 Å². The second-order valence-electron chi connectivity index (χ2n) is 5.54. The van der Waals surface area contributed by atoms with Gasteiger partial charge in [0.1, 0.15) is 0 Å². The summed E-state index contributed by atoms with van der Waals surface area (Å²) in [6, 6.07) is 4.87. The lowest BCUT2D eigenvalue weighted by Crippen LogP contribution is -2.48. The molecule has 0 amide bonds. The predicted octanol–water partition coefficient (Wildman–Crippen LogP) is 3.60. The Morgan fingerprint density at radius 3 is 3.05 bits per heavy atom. The molecule has 5 heteroatoms. The molecule has 0 spiro atoms. The van der Waals surface area contributed by atoms with Gasteiger partial charge in [-0.05, 0) is 38.0 Å². The zero-order valence-corrected chi connectivity index (χ0v) is 12.9. The normalized spacial score (nSPS) is 22.1. The molecule has 1 aliphatic rings. The van der Waals surface area contributed by atoms with Crippen LogP contribution in [0.1, 0.15) is 30.1 Å². The maximum absolute atomic E-state index is 11.4. The number of ether oxygens (including phenoxy) is 1. The van der Waals surface area contributed by atoms with Gasteiger partial charge in [-0.25, -0.2) is 4.79 Å². The summed E-state index contributed by atoms with van der Waals surface area (Å²) in [6.07, 6.45) is 3.62. The summed E-state index contributed by atoms with van der Waals surface area (Å²) in [5, 5.41) is 9.88. The van der Waals surface area contributed by atoms with E-state index in [2.05, 4.69) is 6.58 Å². The number of anilines is 1. The second-order valence-corrected chi connectivity index (χ2v) is 5.98. The average Bonchev–Trinajstić information content (AvgIpc) is 2.45. The highest BCUT2D eigenvalue weighted by Crippen LogP contribution is 2.32. The summed E-state index contributed by atoms with van der Waals surface area (Å²) in [6.45, 7) is 7.65. The molecular formula is C16H20ClNO3. The summed E-state index contributed by atoms with van der Waals surface area (Å²) in [5.74, 6) is -0.944. The molecule has 1 fully saturated rings. The highest BCUT2D eigenvalue weighted by molar-refractivity contribution is 6.31. The molecule has 1 saturated heterocycles. The molecule has 1 atom stereocenters. The van der Waals surface area contributed by atoms with Gasteiger partial charge < -0.3 is 14.7 Å². The summed E-state index contributed by atoms with van der Waals surface area (Å²) < 4.78 is 5.86. The third-order valence-electron chi connectivity index (χ3n) is 3.74. The van der Waals surface area contributed by atoms with Crippen LogP contribution in [-0.4, -0.2) is 36.4 Å². The zero-order chi connectivity index (χ0) is 15.5. The number of hydrogen-bond acceptors (Lipinski definition) is 3. The number of halogens is 1. The number of benzene rings is 1. The van der Waals surface area contributed by atoms with Crippen LogP contribution in [0.15, 0.2) is 30.9 Å². The van der Waals surface area contributed by atoms with E-state index in [-0.39, 0.29) is 11.2 Å². The van der Waals surface area contributed by atoms with Crippen molar-refractivity contribution in [2.24, 2.45) is 0 Å². The number of carboxylic acid groups (broad SMARTS) is 1. The maximum atomic E-state index is 11.4. The molecular weight excluding hydrogens is 290 g/mol. The molecule has 1 aliphatic heterocycles. The first-order valence-electron chi connectivity index (χ1n) is 6.98. The van der Waals surface area contributed by atoms with Gasteiger partial charge in [0.05, 0.1) is 23.5 Å². The molecule has 1 aromatic carbocycles. The Hall–Kier alpha value is -1.52. The first kappa shape index (κ1) is 15.9. The van der Waals surface area contributed by atoms with Gasteiger partial charge in [-0.1, -0.05) is 17.7 Å². The Balaban J connectivity index is 2.27. The Bertz CT molecular complexity index is 546. The first-order chi connectivity index (χ1) is 9.95. The summed E-state index contributed by atoms with van der Waals surface area (Å²) in [5.41, 5.74) is 0.625. The fourth-order valence-electron chi connectivity index (χ4n) is 2.74. The van der Waals surface area contributed by atoms with Crippen LogP contribution < -0.4 is 4.90 Å². The van der Waals surface area contributed by atoms with Gasteiger partial charge in [0.25, 0.3) is 0 Å². The number of nitrogens with zero attached hydrogens (tertiary/aromatic N) is 1. The number of rotatable bonds is 5. The Labute approximate surface area is 130 Å². The van der Waals surface area contributed by atoms with Gasteiger partial charge in [0, 0.05) is 18.1 Å². The van der Waals surface area contributed by atoms with E-state index >= 15 is 0 Å². The molecule has 0 aliphatic carbocycles. The smallest absolute Gasteiger partial charge is 0.337 e. The quantitative estimate of drug-likeness (QED) is 0.844. The fraction of sp³-hybridized carbons (Fsp3) is 0.438. The van der Waals surface area contributed by atoms with Crippen molar-refractivity contribution in [1.29, 1.82) is 0 Å². The largest absolute Gasteiger partial charge is 0.478 e. The molecule has 1 heterocycles. The molecule has 0 aromatic heterocycles. The number of piperidine rings is 1. The minimum absolute atomic E-state index is 0.271. The molecule has 114 valence electrons. The molecule has 21 heavy (non-hydrogen) atoms. The highest BCUT2D eigenvalue weighted by atomic mass is 35.5. The second kappa shape index (κ2) is 6.50. The van der Waals surface area contributed by atoms with E-state index < -0.39 is 5.97 Å². The SMILES string of the molecule is C=CCOC1(C)CCCN(c2cc(Cl)ccc2C(=O)O)C1. The van der Waals surface area contributed by atoms with Gasteiger partial charge in [-0.2, -0.15) is 0 Å². The first-order valence-corrected chi connectivity index (χ1v) is 7.36. The van der Waals surface area contributed by atoms with E-state index in [4.69, 9.17) is 16.3 Å². The van der Waals surface area contributed by atoms with Gasteiger partial charge >= 0.3 is 5.97 Å². The van der Waals surface area contributed by atoms with E-state index in [1.54, 1.807) is 24.3 Å². The van der Waals surface area contributed by atoms with Crippen molar-refractivity contribution < 1.29 is 14.6 Å². The molecule has 0 saturated carbocycles. The van der Waals surface area contributed by atoms with E-state index in [0.717, 1.165) is 19.4 Å². The Kier molecular flexibility index (Phi) is 4.91. The van der Waals surface area contributed by atoms with Crippen LogP contribution in [0.25, 0.3) is 0 Å². The summed E-state index contributed by atoms with van der Waals surface area (Å²) in [4.78, 5) is 13.4. The van der Waals surface area contributed by atoms with Crippen LogP contribution in [0.4, 0.5) is 5.69 Å². The van der Waals surface area contributed by atoms with Gasteiger partial charge in [0.15, 0.2) is 0 Å². The Morgan fingerprint density at radius 1 is 1.62 bits per heavy atom. The minimum Gasteiger partial charge on any atom is -0.478 e. The van der Waals surface area contributed by atoms with Crippen LogP contribution >= 0.6 is 11.6 Å². The van der Waals surface area contributed by atoms with Gasteiger partial charge in [0.2, 0.25) is 0 Å². The number of carbonyl (C=O) groups is 1. The van der Waals surface area contributed by atoms with Crippen LogP contribution in [0.2, 0.25) is 5.02 Å². The lowest BCUT2D eigenvalue weighted by Gasteiger charge is -2.41. The van der Waals surface area contributed by atoms with Crippen molar-refractivity contribution in [2.45, 2.75) is 25.4 Å². The maximum Gasteiger partial charge on any atom is 0.337 e. The van der Waals surface area contributed by atoms with Crippen LogP contribution in [0.5, 0.6) is 0 Å². The minimum atomic E-state index is -0.944. The molecule has 2 rings (SSSR count). The van der Waals surface area contributed by atoms with Crippen molar-refractivity contribution in [3.05, 3.63) is 41.4 Å². The van der Waals surface area contributed by atoms with E-state index in [9.17, 15) is 9.90 Å². The average molecular weight is 310 g/mol. The molecule has 4 nitrogen and oxygen atoms in total. The van der Waals surface area contributed by atoms with Crippen LogP contribution in [-0.2, 0) is 4.74 Å².